The Labute approximate surface area is 65.0 Å². The number of hydrogen-bond donors (Lipinski definition) is 1. The molecule has 0 amide bonds. The van der Waals surface area contributed by atoms with Crippen molar-refractivity contribution in [2.45, 2.75) is 13.0 Å². The van der Waals surface area contributed by atoms with Crippen molar-refractivity contribution < 1.29 is 14.3 Å². The van der Waals surface area contributed by atoms with Gasteiger partial charge < -0.3 is 14.9 Å². The third kappa shape index (κ3) is 2.67. The molecule has 1 aliphatic heterocycles. The van der Waals surface area contributed by atoms with E-state index in [9.17, 15) is 4.79 Å². The number of epoxide rings is 1. The van der Waals surface area contributed by atoms with E-state index in [0.717, 1.165) is 6.21 Å². The highest BCUT2D eigenvalue weighted by Gasteiger charge is 2.25. The quantitative estimate of drug-likeness (QED) is 0.360. The number of rotatable bonds is 4. The zero-order valence-corrected chi connectivity index (χ0v) is 6.37. The second kappa shape index (κ2) is 3.48. The minimum absolute atomic E-state index is 0.108. The van der Waals surface area contributed by atoms with Crippen LogP contribution in [0.5, 0.6) is 0 Å². The van der Waals surface area contributed by atoms with Crippen molar-refractivity contribution >= 4 is 12.2 Å². The van der Waals surface area contributed by atoms with E-state index >= 15 is 0 Å². The highest BCUT2D eigenvalue weighted by molar-refractivity contribution is 5.88. The van der Waals surface area contributed by atoms with E-state index in [4.69, 9.17) is 14.9 Å². The Morgan fingerprint density at radius 1 is 2.00 bits per heavy atom. The maximum Gasteiger partial charge on any atom is 0.314 e. The first-order chi connectivity index (χ1) is 5.24. The van der Waals surface area contributed by atoms with E-state index in [1.165, 1.54) is 0 Å². The van der Waals surface area contributed by atoms with E-state index in [0.29, 0.717) is 13.2 Å². The molecule has 1 fully saturated rings. The number of nitrogens with one attached hydrogen (secondary N) is 1. The topological polar surface area (TPSA) is 62.7 Å². The molecule has 2 atom stereocenters. The molecule has 4 nitrogen and oxygen atoms in total. The summed E-state index contributed by atoms with van der Waals surface area (Å²) in [5.41, 5.74) is 0. The Balaban J connectivity index is 2.13. The van der Waals surface area contributed by atoms with Gasteiger partial charge in [-0.1, -0.05) is 0 Å². The van der Waals surface area contributed by atoms with Crippen LogP contribution in [0.15, 0.2) is 0 Å². The number of carbonyl (C=O) groups excluding carboxylic acids is 1. The van der Waals surface area contributed by atoms with Gasteiger partial charge in [0.2, 0.25) is 0 Å². The molecule has 0 aromatic heterocycles. The molecule has 0 aliphatic carbocycles. The van der Waals surface area contributed by atoms with E-state index in [1.54, 1.807) is 6.92 Å². The van der Waals surface area contributed by atoms with Crippen LogP contribution in [0, 0.1) is 11.3 Å². The molecule has 1 aliphatic rings. The summed E-state index contributed by atoms with van der Waals surface area (Å²) in [6.45, 7) is 2.65. The van der Waals surface area contributed by atoms with Crippen LogP contribution in [0.25, 0.3) is 0 Å². The molecule has 0 aromatic rings. The van der Waals surface area contributed by atoms with Crippen LogP contribution >= 0.6 is 0 Å². The van der Waals surface area contributed by atoms with Crippen LogP contribution in [-0.2, 0) is 14.3 Å². The van der Waals surface area contributed by atoms with Gasteiger partial charge in [0.15, 0.2) is 0 Å². The summed E-state index contributed by atoms with van der Waals surface area (Å²) in [6, 6.07) is 0. The highest BCUT2D eigenvalue weighted by Crippen LogP contribution is 2.09. The maximum absolute atomic E-state index is 10.9. The molecule has 4 heteroatoms. The Morgan fingerprint density at radius 2 is 2.64 bits per heavy atom. The van der Waals surface area contributed by atoms with Crippen molar-refractivity contribution in [2.75, 3.05) is 13.2 Å². The number of esters is 1. The molecule has 1 heterocycles. The van der Waals surface area contributed by atoms with Gasteiger partial charge in [-0.2, -0.15) is 0 Å². The lowest BCUT2D eigenvalue weighted by molar-refractivity contribution is -0.145. The molecule has 1 rings (SSSR count). The van der Waals surface area contributed by atoms with Crippen molar-refractivity contribution in [1.29, 1.82) is 5.41 Å². The average molecular weight is 157 g/mol. The number of hydrogen-bond acceptors (Lipinski definition) is 4. The van der Waals surface area contributed by atoms with Gasteiger partial charge in [-0.25, -0.2) is 0 Å². The molecule has 0 radical (unpaired) electrons. The van der Waals surface area contributed by atoms with E-state index in [2.05, 4.69) is 0 Å². The van der Waals surface area contributed by atoms with E-state index in [-0.39, 0.29) is 12.1 Å². The van der Waals surface area contributed by atoms with Gasteiger partial charge in [0.25, 0.3) is 0 Å². The van der Waals surface area contributed by atoms with Gasteiger partial charge in [0.05, 0.1) is 12.5 Å². The van der Waals surface area contributed by atoms with Crippen LogP contribution in [0.2, 0.25) is 0 Å². The van der Waals surface area contributed by atoms with Crippen LogP contribution < -0.4 is 0 Å². The summed E-state index contributed by atoms with van der Waals surface area (Å²) >= 11 is 0. The molecular weight excluding hydrogens is 146 g/mol. The zero-order valence-electron chi connectivity index (χ0n) is 6.37. The monoisotopic (exact) mass is 157 g/mol. The summed E-state index contributed by atoms with van der Waals surface area (Å²) in [4.78, 5) is 10.9. The lowest BCUT2D eigenvalue weighted by atomic mass is 10.2. The van der Waals surface area contributed by atoms with Crippen molar-refractivity contribution in [1.82, 2.24) is 0 Å². The largest absolute Gasteiger partial charge is 0.462 e. The predicted molar refractivity (Wildman–Crippen MR) is 38.6 cm³/mol. The first-order valence-corrected chi connectivity index (χ1v) is 3.53. The van der Waals surface area contributed by atoms with Gasteiger partial charge in [0, 0.05) is 6.21 Å². The Bertz CT molecular complexity index is 165. The molecule has 1 N–H and O–H groups in total. The fraction of sp³-hybridized carbons (Fsp3) is 0.714. The smallest absolute Gasteiger partial charge is 0.314 e. The fourth-order valence-corrected chi connectivity index (χ4v) is 0.539. The van der Waals surface area contributed by atoms with Crippen molar-refractivity contribution in [3.8, 4) is 0 Å². The van der Waals surface area contributed by atoms with Crippen molar-refractivity contribution in [2.24, 2.45) is 5.92 Å². The summed E-state index contributed by atoms with van der Waals surface area (Å²) in [5, 5.41) is 6.78. The molecule has 2 unspecified atom stereocenters. The molecule has 1 saturated heterocycles. The van der Waals surface area contributed by atoms with Crippen LogP contribution in [0.1, 0.15) is 6.92 Å². The molecule has 11 heavy (non-hydrogen) atoms. The Morgan fingerprint density at radius 3 is 3.09 bits per heavy atom. The second-order valence-electron chi connectivity index (χ2n) is 2.54. The molecule has 0 spiro atoms. The molecular formula is C7H11NO3. The predicted octanol–water partition coefficient (Wildman–Crippen LogP) is 0.214. The van der Waals surface area contributed by atoms with E-state index < -0.39 is 5.92 Å². The normalized spacial score (nSPS) is 23.9. The van der Waals surface area contributed by atoms with Gasteiger partial charge in [0.1, 0.15) is 12.7 Å². The summed E-state index contributed by atoms with van der Waals surface area (Å²) < 4.78 is 9.64. The zero-order chi connectivity index (χ0) is 8.27. The summed E-state index contributed by atoms with van der Waals surface area (Å²) in [5.74, 6) is -0.788. The third-order valence-corrected chi connectivity index (χ3v) is 1.44. The molecule has 0 aromatic carbocycles. The molecule has 62 valence electrons. The second-order valence-corrected chi connectivity index (χ2v) is 2.54. The number of ether oxygens (including phenoxy) is 2. The van der Waals surface area contributed by atoms with Gasteiger partial charge in [-0.3, -0.25) is 4.79 Å². The standard InChI is InChI=1S/C7H11NO3/c1-5(2-8)7(9)11-4-6-3-10-6/h2,5-6,8H,3-4H2,1H3. The fourth-order valence-electron chi connectivity index (χ4n) is 0.539. The summed E-state index contributed by atoms with van der Waals surface area (Å²) in [7, 11) is 0. The van der Waals surface area contributed by atoms with Crippen molar-refractivity contribution in [3.05, 3.63) is 0 Å². The van der Waals surface area contributed by atoms with E-state index in [1.807, 2.05) is 0 Å². The van der Waals surface area contributed by atoms with Gasteiger partial charge >= 0.3 is 5.97 Å². The maximum atomic E-state index is 10.9. The lowest BCUT2D eigenvalue weighted by Gasteiger charge is -2.04. The SMILES string of the molecule is CC(C=N)C(=O)OCC1CO1. The first-order valence-electron chi connectivity index (χ1n) is 3.53. The lowest BCUT2D eigenvalue weighted by Crippen LogP contribution is -2.18. The van der Waals surface area contributed by atoms with Crippen LogP contribution in [0.3, 0.4) is 0 Å². The van der Waals surface area contributed by atoms with Gasteiger partial charge in [-0.05, 0) is 6.92 Å². The molecule has 0 saturated carbocycles. The Hall–Kier alpha value is -0.900. The van der Waals surface area contributed by atoms with Crippen LogP contribution in [-0.4, -0.2) is 31.5 Å². The van der Waals surface area contributed by atoms with Crippen LogP contribution in [0.4, 0.5) is 0 Å². The van der Waals surface area contributed by atoms with Crippen molar-refractivity contribution in [3.63, 3.8) is 0 Å². The Kier molecular flexibility index (Phi) is 2.59. The molecule has 0 bridgehead atoms. The highest BCUT2D eigenvalue weighted by atomic mass is 16.6. The average Bonchev–Trinajstić information content (AvgIpc) is 2.81. The first kappa shape index (κ1) is 8.20. The third-order valence-electron chi connectivity index (χ3n) is 1.44. The minimum Gasteiger partial charge on any atom is -0.462 e. The summed E-state index contributed by atoms with van der Waals surface area (Å²) in [6.07, 6.45) is 1.17. The minimum atomic E-state index is -0.436. The number of carbonyl (C=O) groups is 1. The van der Waals surface area contributed by atoms with Gasteiger partial charge in [-0.15, -0.1) is 0 Å².